The monoisotopic (exact) mass is 479 g/mol. The predicted molar refractivity (Wildman–Crippen MR) is 125 cm³/mol. The molecular formula is C22H29N3O7S. The lowest BCUT2D eigenvalue weighted by Crippen LogP contribution is -2.33. The molecule has 33 heavy (non-hydrogen) atoms. The largest absolute Gasteiger partial charge is 0.507 e. The van der Waals surface area contributed by atoms with Crippen LogP contribution >= 0.6 is 0 Å². The van der Waals surface area contributed by atoms with Crippen LogP contribution in [0.4, 0.5) is 4.79 Å². The van der Waals surface area contributed by atoms with Gasteiger partial charge in [-0.25, -0.2) is 17.5 Å². The van der Waals surface area contributed by atoms with Crippen molar-refractivity contribution >= 4 is 37.9 Å². The molecule has 2 aromatic carbocycles. The molecule has 11 heteroatoms. The molecule has 0 bridgehead atoms. The topological polar surface area (TPSA) is 141 Å². The van der Waals surface area contributed by atoms with E-state index >= 15 is 0 Å². The Hall–Kier alpha value is -2.86. The van der Waals surface area contributed by atoms with Crippen molar-refractivity contribution < 1.29 is 32.6 Å². The van der Waals surface area contributed by atoms with E-state index in [9.17, 15) is 23.4 Å². The van der Waals surface area contributed by atoms with Crippen molar-refractivity contribution in [1.29, 1.82) is 0 Å². The number of phenolic OH excluding ortho intramolecular Hbond substituents is 1. The van der Waals surface area contributed by atoms with Crippen LogP contribution < -0.4 is 15.4 Å². The first-order valence-electron chi connectivity index (χ1n) is 10.5. The molecule has 1 amide bonds. The number of aromatic hydroxyl groups is 1. The van der Waals surface area contributed by atoms with Crippen LogP contribution in [-0.4, -0.2) is 68.5 Å². The number of nitrogens with zero attached hydrogens (tertiary/aromatic N) is 1. The summed E-state index contributed by atoms with van der Waals surface area (Å²) in [5.41, 5.74) is 0.168. The molecule has 1 aromatic heterocycles. The van der Waals surface area contributed by atoms with Crippen molar-refractivity contribution in [1.82, 2.24) is 14.9 Å². The number of hydrogen-bond donors (Lipinski definition) is 4. The van der Waals surface area contributed by atoms with Gasteiger partial charge in [0.15, 0.2) is 11.3 Å². The molecule has 0 radical (unpaired) electrons. The number of furan rings is 1. The Bertz CT molecular complexity index is 1240. The molecule has 0 aliphatic rings. The quantitative estimate of drug-likeness (QED) is 0.325. The number of ether oxygens (including phenoxy) is 1. The Morgan fingerprint density at radius 1 is 1.15 bits per heavy atom. The van der Waals surface area contributed by atoms with Gasteiger partial charge in [-0.2, -0.15) is 0 Å². The van der Waals surface area contributed by atoms with E-state index in [-0.39, 0.29) is 28.6 Å². The lowest BCUT2D eigenvalue weighted by molar-refractivity contribution is 0.171. The summed E-state index contributed by atoms with van der Waals surface area (Å²) in [5, 5.41) is 27.5. The molecule has 1 atom stereocenters. The second-order valence-corrected chi connectivity index (χ2v) is 10.1. The summed E-state index contributed by atoms with van der Waals surface area (Å²) in [6.07, 6.45) is -1.03. The van der Waals surface area contributed by atoms with Crippen molar-refractivity contribution in [3.8, 4) is 11.5 Å². The molecule has 3 aromatic rings. The fourth-order valence-electron chi connectivity index (χ4n) is 3.26. The summed E-state index contributed by atoms with van der Waals surface area (Å²) in [6, 6.07) is 8.43. The lowest BCUT2D eigenvalue weighted by Gasteiger charge is -2.12. The van der Waals surface area contributed by atoms with Gasteiger partial charge in [-0.05, 0) is 26.0 Å². The third-order valence-electron chi connectivity index (χ3n) is 5.14. The first-order valence-corrected chi connectivity index (χ1v) is 12.1. The fourth-order valence-corrected chi connectivity index (χ4v) is 4.03. The van der Waals surface area contributed by atoms with Crippen molar-refractivity contribution in [3.63, 3.8) is 0 Å². The van der Waals surface area contributed by atoms with E-state index in [0.717, 1.165) is 0 Å². The molecule has 4 N–H and O–H groups in total. The van der Waals surface area contributed by atoms with Crippen LogP contribution in [0, 0.1) is 0 Å². The predicted octanol–water partition coefficient (Wildman–Crippen LogP) is 2.30. The maximum absolute atomic E-state index is 12.4. The van der Waals surface area contributed by atoms with Crippen LogP contribution in [0.2, 0.25) is 0 Å². The maximum atomic E-state index is 12.4. The van der Waals surface area contributed by atoms with Gasteiger partial charge in [0.25, 0.3) is 0 Å². The van der Waals surface area contributed by atoms with E-state index in [0.29, 0.717) is 42.2 Å². The number of carbonyl (C=O) groups is 1. The molecule has 1 heterocycles. The summed E-state index contributed by atoms with van der Waals surface area (Å²) in [6.45, 7) is 2.67. The number of phenols is 1. The number of rotatable bonds is 10. The lowest BCUT2D eigenvalue weighted by atomic mass is 10.1. The smallest absolute Gasteiger partial charge is 0.412 e. The highest BCUT2D eigenvalue weighted by atomic mass is 32.2. The van der Waals surface area contributed by atoms with Crippen molar-refractivity contribution in [2.45, 2.75) is 19.4 Å². The number of fused-ring (bicyclic) bond motifs is 2. The first-order chi connectivity index (χ1) is 15.6. The minimum Gasteiger partial charge on any atom is -0.507 e. The van der Waals surface area contributed by atoms with Crippen LogP contribution in [0.1, 0.15) is 25.2 Å². The number of amides is 1. The minimum absolute atomic E-state index is 0.00299. The van der Waals surface area contributed by atoms with Crippen LogP contribution in [0.5, 0.6) is 11.5 Å². The normalized spacial score (nSPS) is 13.0. The standard InChI is InChI=1S/C22H29N3O7S/c1-14(26)18-13-17-19(27)15-7-4-5-8-16(15)20(21(17)31-18)32-22(28)24-10-6-9-23-11-12-33(29,30)25(2)3/h4-5,7-8,13-14,23,26-27H,6,9-12H2,1-3H3,(H,24,28). The van der Waals surface area contributed by atoms with Crippen LogP contribution in [0.15, 0.2) is 34.7 Å². The molecule has 0 fully saturated rings. The van der Waals surface area contributed by atoms with E-state index in [1.54, 1.807) is 24.3 Å². The Morgan fingerprint density at radius 2 is 1.85 bits per heavy atom. The molecule has 0 aliphatic carbocycles. The van der Waals surface area contributed by atoms with Crippen LogP contribution in [-0.2, 0) is 10.0 Å². The zero-order valence-corrected chi connectivity index (χ0v) is 19.6. The second-order valence-electron chi connectivity index (χ2n) is 7.81. The molecular weight excluding hydrogens is 450 g/mol. The number of nitrogens with one attached hydrogen (secondary N) is 2. The third-order valence-corrected chi connectivity index (χ3v) is 6.97. The number of benzene rings is 2. The summed E-state index contributed by atoms with van der Waals surface area (Å²) in [4.78, 5) is 12.4. The van der Waals surface area contributed by atoms with E-state index in [2.05, 4.69) is 10.6 Å². The molecule has 3 rings (SSSR count). The van der Waals surface area contributed by atoms with Crippen LogP contribution in [0.25, 0.3) is 21.7 Å². The molecule has 0 saturated heterocycles. The molecule has 0 saturated carbocycles. The van der Waals surface area contributed by atoms with Crippen molar-refractivity contribution in [2.24, 2.45) is 0 Å². The Balaban J connectivity index is 1.63. The van der Waals surface area contributed by atoms with Gasteiger partial charge in [0.1, 0.15) is 17.6 Å². The number of aliphatic hydroxyl groups is 1. The molecule has 180 valence electrons. The highest BCUT2D eigenvalue weighted by molar-refractivity contribution is 7.89. The van der Waals surface area contributed by atoms with Crippen molar-refractivity contribution in [2.75, 3.05) is 39.5 Å². The van der Waals surface area contributed by atoms with Gasteiger partial charge in [0, 0.05) is 38.0 Å². The summed E-state index contributed by atoms with van der Waals surface area (Å²) in [5.74, 6) is 0.362. The maximum Gasteiger partial charge on any atom is 0.412 e. The molecule has 10 nitrogen and oxygen atoms in total. The second kappa shape index (κ2) is 10.4. The van der Waals surface area contributed by atoms with Gasteiger partial charge in [0.05, 0.1) is 11.1 Å². The highest BCUT2D eigenvalue weighted by Gasteiger charge is 2.22. The number of aliphatic hydroxyl groups excluding tert-OH is 1. The third kappa shape index (κ3) is 5.74. The zero-order valence-electron chi connectivity index (χ0n) is 18.8. The highest BCUT2D eigenvalue weighted by Crippen LogP contribution is 2.44. The zero-order chi connectivity index (χ0) is 24.2. The van der Waals surface area contributed by atoms with Gasteiger partial charge in [-0.1, -0.05) is 24.3 Å². The summed E-state index contributed by atoms with van der Waals surface area (Å²) < 4.78 is 35.8. The number of carbonyl (C=O) groups excluding carboxylic acids is 1. The van der Waals surface area contributed by atoms with Gasteiger partial charge in [0.2, 0.25) is 10.0 Å². The van der Waals surface area contributed by atoms with E-state index in [4.69, 9.17) is 9.15 Å². The number of hydrogen-bond acceptors (Lipinski definition) is 8. The fraction of sp³-hybridized carbons (Fsp3) is 0.409. The first kappa shape index (κ1) is 24.8. The van der Waals surface area contributed by atoms with E-state index < -0.39 is 22.2 Å². The number of sulfonamides is 1. The Morgan fingerprint density at radius 3 is 2.52 bits per heavy atom. The average Bonchev–Trinajstić information content (AvgIpc) is 3.22. The van der Waals surface area contributed by atoms with E-state index in [1.165, 1.54) is 31.4 Å². The SMILES string of the molecule is CC(O)c1cc2c(O)c3ccccc3c(OC(=O)NCCCNCCS(=O)(=O)N(C)C)c2o1. The van der Waals surface area contributed by atoms with Gasteiger partial charge >= 0.3 is 6.09 Å². The molecule has 0 aliphatic heterocycles. The Kier molecular flexibility index (Phi) is 7.80. The average molecular weight is 480 g/mol. The van der Waals surface area contributed by atoms with Crippen LogP contribution in [0.3, 0.4) is 0 Å². The van der Waals surface area contributed by atoms with Gasteiger partial charge < -0.3 is 30.0 Å². The van der Waals surface area contributed by atoms with Gasteiger partial charge in [-0.3, -0.25) is 0 Å². The summed E-state index contributed by atoms with van der Waals surface area (Å²) >= 11 is 0. The van der Waals surface area contributed by atoms with Gasteiger partial charge in [-0.15, -0.1) is 0 Å². The molecule has 1 unspecified atom stereocenters. The van der Waals surface area contributed by atoms with E-state index in [1.807, 2.05) is 0 Å². The minimum atomic E-state index is -3.24. The Labute approximate surface area is 192 Å². The molecule has 0 spiro atoms. The van der Waals surface area contributed by atoms with Crippen molar-refractivity contribution in [3.05, 3.63) is 36.1 Å². The summed E-state index contributed by atoms with van der Waals surface area (Å²) in [7, 11) is -0.263.